The van der Waals surface area contributed by atoms with E-state index in [0.29, 0.717) is 23.7 Å². The second kappa shape index (κ2) is 10.3. The Morgan fingerprint density at radius 3 is 2.14 bits per heavy atom. The number of carboxylic acid groups (broad SMARTS) is 1. The summed E-state index contributed by atoms with van der Waals surface area (Å²) in [7, 11) is 1.35. The second-order valence-electron chi connectivity index (χ2n) is 17.5. The van der Waals surface area contributed by atoms with Crippen molar-refractivity contribution in [3.05, 3.63) is 12.2 Å². The first-order valence-corrected chi connectivity index (χ1v) is 17.0. The predicted octanol–water partition coefficient (Wildman–Crippen LogP) is 8.23. The summed E-state index contributed by atoms with van der Waals surface area (Å²) in [4.78, 5) is 38.2. The van der Waals surface area contributed by atoms with Crippen molar-refractivity contribution >= 4 is 17.9 Å². The van der Waals surface area contributed by atoms with Crippen LogP contribution in [0.3, 0.4) is 0 Å². The number of carboxylic acids is 1. The summed E-state index contributed by atoms with van der Waals surface area (Å²) < 4.78 is 11.1. The third-order valence-electron chi connectivity index (χ3n) is 15.0. The quantitative estimate of drug-likeness (QED) is 0.245. The Balaban J connectivity index is 1.41. The molecule has 0 bridgehead atoms. The van der Waals surface area contributed by atoms with Gasteiger partial charge in [0.2, 0.25) is 0 Å². The van der Waals surface area contributed by atoms with Crippen molar-refractivity contribution in [1.82, 2.24) is 0 Å². The van der Waals surface area contributed by atoms with E-state index in [9.17, 15) is 19.5 Å². The van der Waals surface area contributed by atoms with Crippen molar-refractivity contribution < 1.29 is 29.0 Å². The lowest BCUT2D eigenvalue weighted by Gasteiger charge is -2.72. The van der Waals surface area contributed by atoms with Crippen molar-refractivity contribution in [2.24, 2.45) is 62.1 Å². The van der Waals surface area contributed by atoms with Crippen LogP contribution in [0.5, 0.6) is 0 Å². The Morgan fingerprint density at radius 2 is 1.53 bits per heavy atom. The van der Waals surface area contributed by atoms with Gasteiger partial charge in [0.1, 0.15) is 6.10 Å². The van der Waals surface area contributed by atoms with Crippen LogP contribution >= 0.6 is 0 Å². The number of carbonyl (C=O) groups excluding carboxylic acids is 2. The van der Waals surface area contributed by atoms with Crippen LogP contribution in [0.2, 0.25) is 0 Å². The van der Waals surface area contributed by atoms with Gasteiger partial charge in [0.15, 0.2) is 0 Å². The molecule has 0 aromatic carbocycles. The molecular weight excluding hydrogens is 540 g/mol. The van der Waals surface area contributed by atoms with Crippen molar-refractivity contribution in [2.75, 3.05) is 7.11 Å². The number of esters is 2. The third kappa shape index (κ3) is 4.48. The molecule has 1 N–H and O–H groups in total. The largest absolute Gasteiger partial charge is 0.481 e. The zero-order valence-electron chi connectivity index (χ0n) is 28.4. The van der Waals surface area contributed by atoms with E-state index in [0.717, 1.165) is 64.2 Å². The van der Waals surface area contributed by atoms with Crippen LogP contribution in [-0.2, 0) is 23.9 Å². The highest BCUT2D eigenvalue weighted by Gasteiger charge is 2.72. The molecule has 10 atom stereocenters. The first kappa shape index (κ1) is 32.5. The molecule has 0 aliphatic heterocycles. The van der Waals surface area contributed by atoms with Gasteiger partial charge in [-0.3, -0.25) is 14.4 Å². The van der Waals surface area contributed by atoms with Gasteiger partial charge in [-0.2, -0.15) is 0 Å². The maximum absolute atomic E-state index is 13.1. The molecule has 0 radical (unpaired) electrons. The van der Waals surface area contributed by atoms with E-state index < -0.39 is 22.8 Å². The number of ether oxygens (including phenoxy) is 2. The number of fused-ring (bicyclic) bond motifs is 7. The molecule has 5 aliphatic rings. The maximum Gasteiger partial charge on any atom is 0.311 e. The lowest BCUT2D eigenvalue weighted by atomic mass is 9.32. The summed E-state index contributed by atoms with van der Waals surface area (Å²) in [6.07, 6.45) is 9.71. The average molecular weight is 599 g/mol. The van der Waals surface area contributed by atoms with Crippen LogP contribution in [0.4, 0.5) is 0 Å². The van der Waals surface area contributed by atoms with Crippen LogP contribution in [0.25, 0.3) is 0 Å². The Hall–Kier alpha value is -1.85. The molecular formula is C37H58O6. The smallest absolute Gasteiger partial charge is 0.311 e. The van der Waals surface area contributed by atoms with E-state index in [2.05, 4.69) is 48.1 Å². The van der Waals surface area contributed by atoms with E-state index in [1.165, 1.54) is 12.7 Å². The van der Waals surface area contributed by atoms with Crippen LogP contribution in [-0.4, -0.2) is 36.2 Å². The van der Waals surface area contributed by atoms with Crippen molar-refractivity contribution in [1.29, 1.82) is 0 Å². The lowest BCUT2D eigenvalue weighted by Crippen LogP contribution is -2.67. The zero-order chi connectivity index (χ0) is 32.0. The van der Waals surface area contributed by atoms with Gasteiger partial charge < -0.3 is 14.6 Å². The van der Waals surface area contributed by atoms with Gasteiger partial charge in [0, 0.05) is 5.41 Å². The minimum absolute atomic E-state index is 0.0127. The van der Waals surface area contributed by atoms with E-state index in [-0.39, 0.29) is 46.1 Å². The van der Waals surface area contributed by atoms with E-state index in [1.54, 1.807) is 13.8 Å². The molecule has 9 unspecified atom stereocenters. The molecule has 0 aromatic rings. The van der Waals surface area contributed by atoms with Gasteiger partial charge in [-0.15, -0.1) is 0 Å². The van der Waals surface area contributed by atoms with E-state index in [4.69, 9.17) is 9.47 Å². The average Bonchev–Trinajstić information content (AvgIpc) is 3.31. The summed E-state index contributed by atoms with van der Waals surface area (Å²) >= 11 is 0. The highest BCUT2D eigenvalue weighted by Crippen LogP contribution is 2.77. The van der Waals surface area contributed by atoms with Crippen molar-refractivity contribution in [3.8, 4) is 0 Å². The molecule has 0 amide bonds. The first-order valence-electron chi connectivity index (χ1n) is 17.0. The van der Waals surface area contributed by atoms with Gasteiger partial charge in [-0.25, -0.2) is 0 Å². The zero-order valence-corrected chi connectivity index (χ0v) is 28.4. The number of carbonyl (C=O) groups is 3. The molecule has 242 valence electrons. The Bertz CT molecular complexity index is 1190. The molecule has 0 heterocycles. The fourth-order valence-electron chi connectivity index (χ4n) is 12.6. The van der Waals surface area contributed by atoms with E-state index in [1.807, 2.05) is 0 Å². The van der Waals surface area contributed by atoms with Crippen LogP contribution in [0, 0.1) is 62.1 Å². The number of rotatable bonds is 6. The van der Waals surface area contributed by atoms with Crippen LogP contribution in [0.1, 0.15) is 126 Å². The fourth-order valence-corrected chi connectivity index (χ4v) is 12.6. The van der Waals surface area contributed by atoms with Crippen LogP contribution in [0.15, 0.2) is 12.2 Å². The Labute approximate surface area is 260 Å². The number of aliphatic carboxylic acids is 1. The monoisotopic (exact) mass is 598 g/mol. The minimum Gasteiger partial charge on any atom is -0.481 e. The van der Waals surface area contributed by atoms with Gasteiger partial charge in [-0.1, -0.05) is 46.8 Å². The van der Waals surface area contributed by atoms with Gasteiger partial charge >= 0.3 is 17.9 Å². The molecule has 5 rings (SSSR count). The predicted molar refractivity (Wildman–Crippen MR) is 167 cm³/mol. The third-order valence-corrected chi connectivity index (χ3v) is 15.0. The second-order valence-corrected chi connectivity index (χ2v) is 17.5. The summed E-state index contributed by atoms with van der Waals surface area (Å²) in [5.41, 5.74) is -0.158. The minimum atomic E-state index is -0.916. The van der Waals surface area contributed by atoms with E-state index >= 15 is 0 Å². The normalized spacial score (nSPS) is 45.0. The van der Waals surface area contributed by atoms with Crippen molar-refractivity contribution in [3.63, 3.8) is 0 Å². The highest BCUT2D eigenvalue weighted by molar-refractivity contribution is 5.82. The SMILES string of the molecule is C=C(C)C1CCC2(C(=O)O)CC[C@]3(C)C(CCC4C5(C)CCC(OC(=O)CC(C)(C)C(=O)OC)C(C)(C)C5CCC43C)C12. The number of methoxy groups -OCH3 is 1. The number of hydrogen-bond acceptors (Lipinski definition) is 5. The highest BCUT2D eigenvalue weighted by atomic mass is 16.5. The molecule has 5 saturated carbocycles. The molecule has 0 aromatic heterocycles. The van der Waals surface area contributed by atoms with Gasteiger partial charge in [0.25, 0.3) is 0 Å². The van der Waals surface area contributed by atoms with Crippen LogP contribution < -0.4 is 0 Å². The Morgan fingerprint density at radius 1 is 0.860 bits per heavy atom. The van der Waals surface area contributed by atoms with Crippen molar-refractivity contribution in [2.45, 2.75) is 132 Å². The molecule has 6 heteroatoms. The summed E-state index contributed by atoms with van der Waals surface area (Å²) in [6, 6.07) is 0. The lowest BCUT2D eigenvalue weighted by molar-refractivity contribution is -0.250. The summed E-state index contributed by atoms with van der Waals surface area (Å²) in [5, 5.41) is 10.6. The molecule has 43 heavy (non-hydrogen) atoms. The molecule has 5 fully saturated rings. The maximum atomic E-state index is 13.1. The summed E-state index contributed by atoms with van der Waals surface area (Å²) in [5.74, 6) is 0.587. The molecule has 6 nitrogen and oxygen atoms in total. The number of allylic oxidation sites excluding steroid dienone is 1. The number of hydrogen-bond donors (Lipinski definition) is 1. The van der Waals surface area contributed by atoms with Gasteiger partial charge in [0.05, 0.1) is 24.4 Å². The molecule has 0 saturated heterocycles. The molecule has 5 aliphatic carbocycles. The topological polar surface area (TPSA) is 89.9 Å². The first-order chi connectivity index (χ1) is 19.8. The standard InChI is InChI=1S/C37H58O6/c1-22(2)23-13-18-37(30(39)40)20-19-35(8)24(29(23)37)11-12-26-34(7)16-15-27(33(5,6)25(34)14-17-36(26,35)9)43-28(38)21-32(3,4)31(41)42-10/h23-27,29H,1,11-21H2,2-10H3,(H,39,40)/t23?,24?,25?,26?,27?,29?,34?,35-,36?,37?/m1/s1. The van der Waals surface area contributed by atoms with Gasteiger partial charge in [-0.05, 0) is 131 Å². The fraction of sp³-hybridized carbons (Fsp3) is 0.865. The summed E-state index contributed by atoms with van der Waals surface area (Å²) in [6.45, 7) is 22.2. The molecule has 0 spiro atoms. The Kier molecular flexibility index (Phi) is 7.82.